The number of carbonyl (C=O) groups excluding carboxylic acids is 1. The molecule has 1 aromatic carbocycles. The second kappa shape index (κ2) is 8.33. The monoisotopic (exact) mass is 318 g/mol. The van der Waals surface area contributed by atoms with E-state index < -0.39 is 0 Å². The van der Waals surface area contributed by atoms with Crippen LogP contribution in [0.1, 0.15) is 23.7 Å². The number of hydrogen-bond donors (Lipinski definition) is 1. The predicted molar refractivity (Wildman–Crippen MR) is 89.2 cm³/mol. The van der Waals surface area contributed by atoms with Crippen molar-refractivity contribution in [1.82, 2.24) is 4.98 Å². The van der Waals surface area contributed by atoms with Gasteiger partial charge in [0, 0.05) is 31.8 Å². The molecule has 0 amide bonds. The van der Waals surface area contributed by atoms with Crippen molar-refractivity contribution in [2.75, 3.05) is 39.3 Å². The van der Waals surface area contributed by atoms with Crippen LogP contribution in [0.3, 0.4) is 0 Å². The number of pyridine rings is 1. The summed E-state index contributed by atoms with van der Waals surface area (Å²) in [4.78, 5) is 16.6. The van der Waals surface area contributed by atoms with Crippen LogP contribution < -0.4 is 10.1 Å². The smallest absolute Gasteiger partial charge is 0.341 e. The Balaban J connectivity index is 2.45. The zero-order valence-electron chi connectivity index (χ0n) is 13.7. The highest BCUT2D eigenvalue weighted by Crippen LogP contribution is 2.31. The maximum Gasteiger partial charge on any atom is 0.341 e. The normalized spacial score (nSPS) is 10.6. The zero-order chi connectivity index (χ0) is 16.7. The molecule has 124 valence electrons. The molecule has 23 heavy (non-hydrogen) atoms. The van der Waals surface area contributed by atoms with Crippen LogP contribution >= 0.6 is 0 Å². The van der Waals surface area contributed by atoms with E-state index in [1.165, 1.54) is 6.20 Å². The van der Waals surface area contributed by atoms with E-state index in [9.17, 15) is 4.79 Å². The number of nitrogens with one attached hydrogen (secondary N) is 1. The Labute approximate surface area is 135 Å². The van der Waals surface area contributed by atoms with Crippen molar-refractivity contribution >= 4 is 22.6 Å². The number of ether oxygens (including phenoxy) is 3. The molecule has 0 aliphatic heterocycles. The van der Waals surface area contributed by atoms with E-state index in [0.29, 0.717) is 42.3 Å². The molecule has 0 atom stereocenters. The highest BCUT2D eigenvalue weighted by atomic mass is 16.5. The fourth-order valence-corrected chi connectivity index (χ4v) is 2.34. The molecule has 0 spiro atoms. The molecule has 0 fully saturated rings. The molecule has 1 aromatic heterocycles. The SMILES string of the molecule is CCOC(=O)c1cnc2c(OC)cccc2c1NCCCOC. The van der Waals surface area contributed by atoms with Gasteiger partial charge in [-0.2, -0.15) is 0 Å². The van der Waals surface area contributed by atoms with Gasteiger partial charge in [0.25, 0.3) is 0 Å². The van der Waals surface area contributed by atoms with Crippen LogP contribution in [0.4, 0.5) is 5.69 Å². The van der Waals surface area contributed by atoms with Crippen LogP contribution in [0.2, 0.25) is 0 Å². The van der Waals surface area contributed by atoms with Crippen LogP contribution in [0.15, 0.2) is 24.4 Å². The number of nitrogens with zero attached hydrogens (tertiary/aromatic N) is 1. The molecule has 0 radical (unpaired) electrons. The number of anilines is 1. The Morgan fingerprint density at radius 2 is 2.13 bits per heavy atom. The second-order valence-corrected chi connectivity index (χ2v) is 4.90. The van der Waals surface area contributed by atoms with E-state index >= 15 is 0 Å². The molecule has 0 unspecified atom stereocenters. The lowest BCUT2D eigenvalue weighted by molar-refractivity contribution is 0.0527. The highest BCUT2D eigenvalue weighted by molar-refractivity contribution is 6.06. The summed E-state index contributed by atoms with van der Waals surface area (Å²) in [6.07, 6.45) is 2.36. The molecule has 0 saturated carbocycles. The minimum atomic E-state index is -0.390. The fourth-order valence-electron chi connectivity index (χ4n) is 2.34. The van der Waals surface area contributed by atoms with E-state index in [0.717, 1.165) is 11.8 Å². The number of hydrogen-bond acceptors (Lipinski definition) is 6. The molecule has 6 nitrogen and oxygen atoms in total. The maximum absolute atomic E-state index is 12.2. The summed E-state index contributed by atoms with van der Waals surface area (Å²) in [6, 6.07) is 5.62. The zero-order valence-corrected chi connectivity index (χ0v) is 13.7. The first-order chi connectivity index (χ1) is 11.2. The van der Waals surface area contributed by atoms with Crippen LogP contribution in [0.25, 0.3) is 10.9 Å². The Hall–Kier alpha value is -2.34. The lowest BCUT2D eigenvalue weighted by Gasteiger charge is -2.15. The number of aromatic nitrogens is 1. The van der Waals surface area contributed by atoms with Crippen LogP contribution in [0, 0.1) is 0 Å². The van der Waals surface area contributed by atoms with Gasteiger partial charge in [0.05, 0.1) is 19.4 Å². The molecule has 2 aromatic rings. The van der Waals surface area contributed by atoms with Gasteiger partial charge in [0.2, 0.25) is 0 Å². The van der Waals surface area contributed by atoms with Gasteiger partial charge in [0.15, 0.2) is 0 Å². The number of esters is 1. The summed E-state index contributed by atoms with van der Waals surface area (Å²) in [5.41, 5.74) is 1.84. The number of para-hydroxylation sites is 1. The third kappa shape index (κ3) is 3.90. The van der Waals surface area contributed by atoms with E-state index in [2.05, 4.69) is 10.3 Å². The van der Waals surface area contributed by atoms with E-state index in [4.69, 9.17) is 14.2 Å². The first kappa shape index (κ1) is 17.0. The summed E-state index contributed by atoms with van der Waals surface area (Å²) in [6.45, 7) is 3.42. The number of methoxy groups -OCH3 is 2. The minimum absolute atomic E-state index is 0.318. The summed E-state index contributed by atoms with van der Waals surface area (Å²) < 4.78 is 15.5. The molecule has 1 heterocycles. The van der Waals surface area contributed by atoms with E-state index in [1.54, 1.807) is 21.1 Å². The van der Waals surface area contributed by atoms with Crippen molar-refractivity contribution in [2.45, 2.75) is 13.3 Å². The molecule has 0 saturated heterocycles. The van der Waals surface area contributed by atoms with Crippen molar-refractivity contribution in [3.05, 3.63) is 30.0 Å². The topological polar surface area (TPSA) is 69.7 Å². The summed E-state index contributed by atoms with van der Waals surface area (Å²) >= 11 is 0. The molecule has 2 rings (SSSR count). The van der Waals surface area contributed by atoms with Gasteiger partial charge in [-0.05, 0) is 19.4 Å². The number of carbonyl (C=O) groups is 1. The minimum Gasteiger partial charge on any atom is -0.494 e. The molecular formula is C17H22N2O4. The van der Waals surface area contributed by atoms with Gasteiger partial charge < -0.3 is 19.5 Å². The summed E-state index contributed by atoms with van der Waals surface area (Å²) in [5, 5.41) is 4.13. The van der Waals surface area contributed by atoms with Crippen LogP contribution in [0.5, 0.6) is 5.75 Å². The molecule has 6 heteroatoms. The average molecular weight is 318 g/mol. The van der Waals surface area contributed by atoms with Crippen molar-refractivity contribution in [3.63, 3.8) is 0 Å². The Kier molecular flexibility index (Phi) is 6.17. The standard InChI is InChI=1S/C17H22N2O4/c1-4-23-17(20)13-11-19-16-12(7-5-8-14(16)22-3)15(13)18-9-6-10-21-2/h5,7-8,11H,4,6,9-10H2,1-3H3,(H,18,19). The predicted octanol–water partition coefficient (Wildman–Crippen LogP) is 2.87. The third-order valence-corrected chi connectivity index (χ3v) is 3.40. The van der Waals surface area contributed by atoms with E-state index in [-0.39, 0.29) is 5.97 Å². The molecule has 1 N–H and O–H groups in total. The third-order valence-electron chi connectivity index (χ3n) is 3.40. The quantitative estimate of drug-likeness (QED) is 0.596. The number of fused-ring (bicyclic) bond motifs is 1. The van der Waals surface area contributed by atoms with Gasteiger partial charge >= 0.3 is 5.97 Å². The number of benzene rings is 1. The van der Waals surface area contributed by atoms with Crippen molar-refractivity contribution in [2.24, 2.45) is 0 Å². The Bertz CT molecular complexity index is 673. The van der Waals surface area contributed by atoms with Gasteiger partial charge in [-0.1, -0.05) is 12.1 Å². The molecule has 0 aliphatic rings. The van der Waals surface area contributed by atoms with Gasteiger partial charge in [0.1, 0.15) is 16.8 Å². The average Bonchev–Trinajstić information content (AvgIpc) is 2.58. The van der Waals surface area contributed by atoms with Gasteiger partial charge in [-0.25, -0.2) is 4.79 Å². The van der Waals surface area contributed by atoms with Crippen molar-refractivity contribution in [3.8, 4) is 5.75 Å². The first-order valence-electron chi connectivity index (χ1n) is 7.58. The summed E-state index contributed by atoms with van der Waals surface area (Å²) in [5.74, 6) is 0.275. The highest BCUT2D eigenvalue weighted by Gasteiger charge is 2.17. The second-order valence-electron chi connectivity index (χ2n) is 4.90. The first-order valence-corrected chi connectivity index (χ1v) is 7.58. The van der Waals surface area contributed by atoms with E-state index in [1.807, 2.05) is 18.2 Å². The van der Waals surface area contributed by atoms with Crippen molar-refractivity contribution in [1.29, 1.82) is 0 Å². The van der Waals surface area contributed by atoms with Gasteiger partial charge in [-0.15, -0.1) is 0 Å². The number of rotatable bonds is 8. The lowest BCUT2D eigenvalue weighted by Crippen LogP contribution is -2.13. The Morgan fingerprint density at radius 3 is 2.83 bits per heavy atom. The summed E-state index contributed by atoms with van der Waals surface area (Å²) in [7, 11) is 3.26. The fraction of sp³-hybridized carbons (Fsp3) is 0.412. The maximum atomic E-state index is 12.2. The Morgan fingerprint density at radius 1 is 1.30 bits per heavy atom. The van der Waals surface area contributed by atoms with Gasteiger partial charge in [-0.3, -0.25) is 4.98 Å². The lowest BCUT2D eigenvalue weighted by atomic mass is 10.1. The van der Waals surface area contributed by atoms with Crippen LogP contribution in [-0.2, 0) is 9.47 Å². The molecule has 0 bridgehead atoms. The molecular weight excluding hydrogens is 296 g/mol. The largest absolute Gasteiger partial charge is 0.494 e. The molecule has 0 aliphatic carbocycles. The van der Waals surface area contributed by atoms with Crippen LogP contribution in [-0.4, -0.2) is 44.9 Å². The van der Waals surface area contributed by atoms with Crippen molar-refractivity contribution < 1.29 is 19.0 Å².